The summed E-state index contributed by atoms with van der Waals surface area (Å²) in [6, 6.07) is 12.0. The van der Waals surface area contributed by atoms with Gasteiger partial charge in [-0.05, 0) is 84.7 Å². The predicted molar refractivity (Wildman–Crippen MR) is 149 cm³/mol. The topological polar surface area (TPSA) is 98.7 Å². The molecule has 40 heavy (non-hydrogen) atoms. The fourth-order valence-corrected chi connectivity index (χ4v) is 5.53. The quantitative estimate of drug-likeness (QED) is 0.274. The Morgan fingerprint density at radius 1 is 1.00 bits per heavy atom. The number of carbonyl (C=O) groups is 3. The highest BCUT2D eigenvalue weighted by molar-refractivity contribution is 8.00. The summed E-state index contributed by atoms with van der Waals surface area (Å²) in [5.41, 5.74) is -2.83. The first kappa shape index (κ1) is 31.3. The molecule has 0 heterocycles. The fourth-order valence-electron chi connectivity index (χ4n) is 4.93. The van der Waals surface area contributed by atoms with Gasteiger partial charge in [0, 0.05) is 35.3 Å². The molecule has 3 rings (SSSR count). The fraction of sp³-hybridized carbons (Fsp3) is 0.483. The van der Waals surface area contributed by atoms with Crippen LogP contribution in [0.2, 0.25) is 0 Å². The van der Waals surface area contributed by atoms with Gasteiger partial charge in [0.15, 0.2) is 0 Å². The van der Waals surface area contributed by atoms with Gasteiger partial charge < -0.3 is 20.6 Å². The van der Waals surface area contributed by atoms with Crippen LogP contribution in [-0.2, 0) is 11.3 Å². The number of rotatable bonds is 9. The van der Waals surface area contributed by atoms with E-state index in [2.05, 4.69) is 31.4 Å². The van der Waals surface area contributed by atoms with Crippen LogP contribution in [-0.4, -0.2) is 46.0 Å². The number of thioether (sulfide) groups is 1. The highest BCUT2D eigenvalue weighted by Gasteiger charge is 2.34. The van der Waals surface area contributed by atoms with Crippen molar-refractivity contribution in [3.05, 3.63) is 59.7 Å². The highest BCUT2D eigenvalue weighted by atomic mass is 32.2. The minimum atomic E-state index is -4.43. The second-order valence-electron chi connectivity index (χ2n) is 11.1. The first-order valence-corrected chi connectivity index (χ1v) is 14.1. The maximum Gasteiger partial charge on any atom is 0.446 e. The van der Waals surface area contributed by atoms with Crippen molar-refractivity contribution in [2.45, 2.75) is 75.9 Å². The van der Waals surface area contributed by atoms with Gasteiger partial charge in [-0.1, -0.05) is 39.0 Å². The minimum absolute atomic E-state index is 0.0141. The Kier molecular flexibility index (Phi) is 10.5. The van der Waals surface area contributed by atoms with Crippen molar-refractivity contribution in [3.8, 4) is 0 Å². The lowest BCUT2D eigenvalue weighted by Crippen LogP contribution is -2.45. The number of anilines is 1. The molecule has 2 aromatic rings. The van der Waals surface area contributed by atoms with Gasteiger partial charge in [0.1, 0.15) is 0 Å². The van der Waals surface area contributed by atoms with Gasteiger partial charge in [0.05, 0.1) is 6.42 Å². The molecule has 0 bridgehead atoms. The number of benzene rings is 2. The van der Waals surface area contributed by atoms with Crippen LogP contribution in [0.1, 0.15) is 68.8 Å². The molecule has 1 aliphatic carbocycles. The Bertz CT molecular complexity index is 1170. The summed E-state index contributed by atoms with van der Waals surface area (Å²) in [6.07, 6.45) is 3.37. The molecule has 0 aliphatic heterocycles. The van der Waals surface area contributed by atoms with Gasteiger partial charge in [-0.2, -0.15) is 13.2 Å². The zero-order valence-corrected chi connectivity index (χ0v) is 23.7. The number of alkyl halides is 3. The van der Waals surface area contributed by atoms with Crippen molar-refractivity contribution in [1.82, 2.24) is 10.2 Å². The zero-order valence-electron chi connectivity index (χ0n) is 22.9. The summed E-state index contributed by atoms with van der Waals surface area (Å²) in [5, 5.41) is 14.1. The van der Waals surface area contributed by atoms with Crippen LogP contribution in [0.5, 0.6) is 0 Å². The van der Waals surface area contributed by atoms with Crippen LogP contribution in [0.3, 0.4) is 0 Å². The second kappa shape index (κ2) is 13.4. The van der Waals surface area contributed by atoms with Gasteiger partial charge in [-0.25, -0.2) is 4.79 Å². The van der Waals surface area contributed by atoms with Crippen molar-refractivity contribution in [2.75, 3.05) is 11.9 Å². The number of halogens is 3. The first-order valence-electron chi connectivity index (χ1n) is 13.2. The van der Waals surface area contributed by atoms with Gasteiger partial charge in [0.25, 0.3) is 5.91 Å². The van der Waals surface area contributed by atoms with Crippen LogP contribution >= 0.6 is 11.8 Å². The second-order valence-corrected chi connectivity index (χ2v) is 12.2. The number of nitrogens with one attached hydrogen (secondary N) is 2. The molecule has 0 aromatic heterocycles. The Morgan fingerprint density at radius 3 is 2.23 bits per heavy atom. The maximum absolute atomic E-state index is 13.5. The van der Waals surface area contributed by atoms with E-state index in [1.807, 2.05) is 0 Å². The van der Waals surface area contributed by atoms with E-state index >= 15 is 0 Å². The monoisotopic (exact) mass is 579 g/mol. The minimum Gasteiger partial charge on any atom is -0.481 e. The predicted octanol–water partition coefficient (Wildman–Crippen LogP) is 7.14. The Morgan fingerprint density at radius 2 is 1.65 bits per heavy atom. The van der Waals surface area contributed by atoms with Gasteiger partial charge in [-0.3, -0.25) is 9.59 Å². The van der Waals surface area contributed by atoms with Crippen LogP contribution in [0.15, 0.2) is 53.4 Å². The summed E-state index contributed by atoms with van der Waals surface area (Å²) in [6.45, 7) is 6.92. The average Bonchev–Trinajstić information content (AvgIpc) is 2.86. The van der Waals surface area contributed by atoms with Crippen LogP contribution in [0.4, 0.5) is 23.7 Å². The van der Waals surface area contributed by atoms with E-state index in [9.17, 15) is 27.6 Å². The van der Waals surface area contributed by atoms with E-state index in [1.165, 1.54) is 18.2 Å². The molecule has 1 aliphatic rings. The van der Waals surface area contributed by atoms with E-state index in [0.29, 0.717) is 11.5 Å². The van der Waals surface area contributed by atoms with E-state index in [0.717, 1.165) is 31.2 Å². The Labute approximate surface area is 236 Å². The van der Waals surface area contributed by atoms with Gasteiger partial charge in [0.2, 0.25) is 0 Å². The molecule has 7 nitrogen and oxygen atoms in total. The van der Waals surface area contributed by atoms with E-state index in [4.69, 9.17) is 5.11 Å². The van der Waals surface area contributed by atoms with Crippen molar-refractivity contribution in [1.29, 1.82) is 0 Å². The SMILES string of the molecule is CC(C)(C)C1CCC(N(Cc2ccc(C(=O)NCCC(=O)O)cc2)C(=O)Nc2cccc(SC(F)(F)F)c2)CC1. The summed E-state index contributed by atoms with van der Waals surface area (Å²) < 4.78 is 38.6. The molecule has 3 amide bonds. The summed E-state index contributed by atoms with van der Waals surface area (Å²) in [5.74, 6) is -0.862. The number of hydrogen-bond donors (Lipinski definition) is 3. The standard InChI is InChI=1S/C29H36F3N3O4S/c1-28(2,3)21-11-13-23(14-12-21)35(27(39)34-22-5-4-6-24(17-22)40-29(30,31)32)18-19-7-9-20(10-8-19)26(38)33-16-15-25(36)37/h4-10,17,21,23H,11-16,18H2,1-3H3,(H,33,38)(H,34,39)(H,36,37). The van der Waals surface area contributed by atoms with Gasteiger partial charge >= 0.3 is 17.5 Å². The van der Waals surface area contributed by atoms with Crippen molar-refractivity contribution in [3.63, 3.8) is 0 Å². The maximum atomic E-state index is 13.5. The van der Waals surface area contributed by atoms with Crippen molar-refractivity contribution >= 4 is 35.4 Å². The number of urea groups is 1. The molecule has 3 N–H and O–H groups in total. The largest absolute Gasteiger partial charge is 0.481 e. The Balaban J connectivity index is 1.75. The molecule has 0 radical (unpaired) electrons. The lowest BCUT2D eigenvalue weighted by Gasteiger charge is -2.41. The molecule has 0 unspecified atom stereocenters. The number of hydrogen-bond acceptors (Lipinski definition) is 4. The Hall–Kier alpha value is -3.21. The summed E-state index contributed by atoms with van der Waals surface area (Å²) >= 11 is -0.233. The normalized spacial score (nSPS) is 17.6. The van der Waals surface area contributed by atoms with Crippen LogP contribution < -0.4 is 10.6 Å². The first-order chi connectivity index (χ1) is 18.7. The number of aliphatic carboxylic acids is 1. The molecule has 0 saturated heterocycles. The van der Waals surface area contributed by atoms with Crippen LogP contribution in [0, 0.1) is 11.3 Å². The molecule has 2 aromatic carbocycles. The lowest BCUT2D eigenvalue weighted by atomic mass is 9.71. The lowest BCUT2D eigenvalue weighted by molar-refractivity contribution is -0.136. The van der Waals surface area contributed by atoms with Crippen LogP contribution in [0.25, 0.3) is 0 Å². The van der Waals surface area contributed by atoms with E-state index in [-0.39, 0.29) is 59.2 Å². The average molecular weight is 580 g/mol. The van der Waals surface area contributed by atoms with Gasteiger partial charge in [-0.15, -0.1) is 0 Å². The summed E-state index contributed by atoms with van der Waals surface area (Å²) in [7, 11) is 0. The smallest absolute Gasteiger partial charge is 0.446 e. The zero-order chi connectivity index (χ0) is 29.5. The number of carbonyl (C=O) groups excluding carboxylic acids is 2. The van der Waals surface area contributed by atoms with E-state index in [1.54, 1.807) is 35.2 Å². The van der Waals surface area contributed by atoms with Crippen molar-refractivity contribution in [2.24, 2.45) is 11.3 Å². The van der Waals surface area contributed by atoms with E-state index < -0.39 is 17.5 Å². The number of nitrogens with zero attached hydrogens (tertiary/aromatic N) is 1. The third-order valence-electron chi connectivity index (χ3n) is 7.14. The molecule has 1 saturated carbocycles. The molecule has 0 spiro atoms. The number of carboxylic acids is 1. The highest BCUT2D eigenvalue weighted by Crippen LogP contribution is 2.40. The molecule has 11 heteroatoms. The third-order valence-corrected chi connectivity index (χ3v) is 7.86. The third kappa shape index (κ3) is 9.76. The molecular formula is C29H36F3N3O4S. The van der Waals surface area contributed by atoms with Crippen molar-refractivity contribution < 1.29 is 32.7 Å². The molecule has 1 fully saturated rings. The molecular weight excluding hydrogens is 543 g/mol. The number of amides is 3. The number of carboxylic acid groups (broad SMARTS) is 1. The summed E-state index contributed by atoms with van der Waals surface area (Å²) in [4.78, 5) is 38.2. The molecule has 0 atom stereocenters. The molecule has 218 valence electrons.